The Balaban J connectivity index is 1.78. The van der Waals surface area contributed by atoms with Crippen LogP contribution in [0.3, 0.4) is 0 Å². The minimum Gasteiger partial charge on any atom is -0.481 e. The molecule has 0 aliphatic carbocycles. The Bertz CT molecular complexity index is 1170. The van der Waals surface area contributed by atoms with E-state index in [1.807, 2.05) is 0 Å². The maximum absolute atomic E-state index is 14.4. The number of rotatable bonds is 4. The molecule has 1 atom stereocenters. The van der Waals surface area contributed by atoms with Crippen molar-refractivity contribution < 1.29 is 37.0 Å². The summed E-state index contributed by atoms with van der Waals surface area (Å²) in [4.78, 5) is 28.5. The molecule has 1 amide bonds. The maximum Gasteiger partial charge on any atom is 0.307 e. The van der Waals surface area contributed by atoms with E-state index in [0.29, 0.717) is 17.4 Å². The Morgan fingerprint density at radius 2 is 1.97 bits per heavy atom. The number of carboxylic acids is 1. The van der Waals surface area contributed by atoms with E-state index in [4.69, 9.17) is 9.84 Å². The topological polar surface area (TPSA) is 79.7 Å². The van der Waals surface area contributed by atoms with Crippen LogP contribution in [-0.4, -0.2) is 28.1 Å². The van der Waals surface area contributed by atoms with Gasteiger partial charge in [0.1, 0.15) is 27.8 Å². The van der Waals surface area contributed by atoms with E-state index in [0.717, 1.165) is 11.0 Å². The Hall–Kier alpha value is -3.21. The second-order valence-corrected chi connectivity index (χ2v) is 7.24. The highest BCUT2D eigenvalue weighted by Gasteiger charge is 2.38. The Labute approximate surface area is 164 Å². The predicted octanol–water partition coefficient (Wildman–Crippen LogP) is 3.62. The third kappa shape index (κ3) is 3.27. The van der Waals surface area contributed by atoms with Crippen molar-refractivity contribution in [1.82, 2.24) is 4.98 Å². The van der Waals surface area contributed by atoms with Gasteiger partial charge in [0.15, 0.2) is 23.6 Å². The standard InChI is InChI=1S/C18H10F4N2O4S/c19-7-2-1-3-10-16(7)24(18(27)11(28-10)5-13(25)26)6-12-23-15-14(22)8(20)4-9(21)17(15)29-12/h1-4,11H,5-6H2,(H,25,26). The van der Waals surface area contributed by atoms with Gasteiger partial charge < -0.3 is 9.84 Å². The smallest absolute Gasteiger partial charge is 0.307 e. The molecule has 2 heterocycles. The summed E-state index contributed by atoms with van der Waals surface area (Å²) >= 11 is 0.672. The number of carboxylic acid groups (broad SMARTS) is 1. The number of fused-ring (bicyclic) bond motifs is 2. The van der Waals surface area contributed by atoms with Gasteiger partial charge >= 0.3 is 5.97 Å². The summed E-state index contributed by atoms with van der Waals surface area (Å²) in [6.07, 6.45) is -2.08. The van der Waals surface area contributed by atoms with Gasteiger partial charge in [0, 0.05) is 6.07 Å². The molecule has 1 aliphatic rings. The average molecular weight is 426 g/mol. The van der Waals surface area contributed by atoms with Gasteiger partial charge in [-0.3, -0.25) is 14.5 Å². The number of aliphatic carboxylic acids is 1. The molecule has 29 heavy (non-hydrogen) atoms. The quantitative estimate of drug-likeness (QED) is 0.509. The third-order valence-corrected chi connectivity index (χ3v) is 5.29. The SMILES string of the molecule is O=C(O)CC1Oc2cccc(F)c2N(Cc2nc3c(F)c(F)cc(F)c3s2)C1=O. The molecule has 3 aromatic rings. The molecule has 0 bridgehead atoms. The molecule has 11 heteroatoms. The van der Waals surface area contributed by atoms with Crippen molar-refractivity contribution in [3.8, 4) is 5.75 Å². The van der Waals surface area contributed by atoms with E-state index in [1.54, 1.807) is 0 Å². The van der Waals surface area contributed by atoms with Crippen LogP contribution in [-0.2, 0) is 16.1 Å². The van der Waals surface area contributed by atoms with E-state index < -0.39 is 59.7 Å². The zero-order valence-corrected chi connectivity index (χ0v) is 15.1. The number of benzene rings is 2. The number of thiazole rings is 1. The fourth-order valence-corrected chi connectivity index (χ4v) is 3.97. The fourth-order valence-electron chi connectivity index (χ4n) is 3.02. The van der Waals surface area contributed by atoms with E-state index in [9.17, 15) is 27.2 Å². The van der Waals surface area contributed by atoms with Crippen LogP contribution in [0.2, 0.25) is 0 Å². The third-order valence-electron chi connectivity index (χ3n) is 4.24. The van der Waals surface area contributed by atoms with Gasteiger partial charge in [0.25, 0.3) is 5.91 Å². The number of anilines is 1. The first kappa shape index (κ1) is 19.1. The molecule has 1 N–H and O–H groups in total. The molecule has 1 aromatic heterocycles. The molecule has 0 saturated heterocycles. The van der Waals surface area contributed by atoms with Crippen LogP contribution >= 0.6 is 11.3 Å². The van der Waals surface area contributed by atoms with Crippen molar-refractivity contribution in [3.63, 3.8) is 0 Å². The average Bonchev–Trinajstić information content (AvgIpc) is 3.07. The van der Waals surface area contributed by atoms with Gasteiger partial charge in [-0.2, -0.15) is 0 Å². The van der Waals surface area contributed by atoms with Crippen LogP contribution in [0.1, 0.15) is 11.4 Å². The lowest BCUT2D eigenvalue weighted by atomic mass is 10.1. The molecule has 150 valence electrons. The number of para-hydroxylation sites is 1. The fraction of sp³-hybridized carbons (Fsp3) is 0.167. The van der Waals surface area contributed by atoms with Gasteiger partial charge in [-0.05, 0) is 12.1 Å². The van der Waals surface area contributed by atoms with Crippen molar-refractivity contribution in [3.05, 3.63) is 52.5 Å². The first-order valence-corrected chi connectivity index (χ1v) is 8.99. The highest BCUT2D eigenvalue weighted by Crippen LogP contribution is 2.39. The number of hydrogen-bond donors (Lipinski definition) is 1. The zero-order chi connectivity index (χ0) is 20.9. The molecule has 1 aliphatic heterocycles. The normalized spacial score (nSPS) is 16.1. The monoisotopic (exact) mass is 426 g/mol. The summed E-state index contributed by atoms with van der Waals surface area (Å²) < 4.78 is 60.8. The number of carbonyl (C=O) groups is 2. The van der Waals surface area contributed by atoms with Gasteiger partial charge in [-0.25, -0.2) is 22.5 Å². The summed E-state index contributed by atoms with van der Waals surface area (Å²) in [5.41, 5.74) is -0.787. The summed E-state index contributed by atoms with van der Waals surface area (Å²) in [6, 6.07) is 4.15. The first-order valence-electron chi connectivity index (χ1n) is 8.17. The molecular formula is C18H10F4N2O4S. The van der Waals surface area contributed by atoms with Gasteiger partial charge in [0.2, 0.25) is 0 Å². The molecule has 0 saturated carbocycles. The number of carbonyl (C=O) groups excluding carboxylic acids is 1. The number of aromatic nitrogens is 1. The summed E-state index contributed by atoms with van der Waals surface area (Å²) in [5.74, 6) is -6.79. The van der Waals surface area contributed by atoms with Crippen LogP contribution < -0.4 is 9.64 Å². The Morgan fingerprint density at radius 1 is 1.21 bits per heavy atom. The second-order valence-electron chi connectivity index (χ2n) is 6.15. The minimum atomic E-state index is -1.41. The van der Waals surface area contributed by atoms with Crippen LogP contribution in [0.25, 0.3) is 10.2 Å². The number of amides is 1. The van der Waals surface area contributed by atoms with Gasteiger partial charge in [0.05, 0.1) is 17.7 Å². The highest BCUT2D eigenvalue weighted by atomic mass is 32.1. The second kappa shape index (κ2) is 6.99. The number of halogens is 4. The minimum absolute atomic E-state index is 0.00179. The summed E-state index contributed by atoms with van der Waals surface area (Å²) in [6.45, 7) is -0.411. The predicted molar refractivity (Wildman–Crippen MR) is 93.8 cm³/mol. The van der Waals surface area contributed by atoms with E-state index in [1.165, 1.54) is 12.1 Å². The first-order chi connectivity index (χ1) is 13.8. The van der Waals surface area contributed by atoms with Gasteiger partial charge in [-0.15, -0.1) is 11.3 Å². The molecule has 0 spiro atoms. The van der Waals surface area contributed by atoms with Crippen molar-refractivity contribution in [2.45, 2.75) is 19.1 Å². The van der Waals surface area contributed by atoms with Crippen molar-refractivity contribution in [2.75, 3.05) is 4.90 Å². The van der Waals surface area contributed by atoms with Crippen LogP contribution in [0.4, 0.5) is 23.2 Å². The van der Waals surface area contributed by atoms with E-state index >= 15 is 0 Å². The van der Waals surface area contributed by atoms with Crippen LogP contribution in [0, 0.1) is 23.3 Å². The molecule has 1 unspecified atom stereocenters. The van der Waals surface area contributed by atoms with Crippen LogP contribution in [0.15, 0.2) is 24.3 Å². The number of hydrogen-bond acceptors (Lipinski definition) is 5. The van der Waals surface area contributed by atoms with Crippen molar-refractivity contribution in [1.29, 1.82) is 0 Å². The van der Waals surface area contributed by atoms with Crippen molar-refractivity contribution in [2.24, 2.45) is 0 Å². The molecular weight excluding hydrogens is 416 g/mol. The van der Waals surface area contributed by atoms with Crippen LogP contribution in [0.5, 0.6) is 5.75 Å². The molecule has 6 nitrogen and oxygen atoms in total. The highest BCUT2D eigenvalue weighted by molar-refractivity contribution is 7.18. The van der Waals surface area contributed by atoms with Crippen molar-refractivity contribution >= 4 is 39.1 Å². The lowest BCUT2D eigenvalue weighted by Gasteiger charge is -2.33. The van der Waals surface area contributed by atoms with Gasteiger partial charge in [-0.1, -0.05) is 6.07 Å². The zero-order valence-electron chi connectivity index (χ0n) is 14.3. The number of ether oxygens (including phenoxy) is 1. The maximum atomic E-state index is 14.4. The lowest BCUT2D eigenvalue weighted by molar-refractivity contribution is -0.142. The largest absolute Gasteiger partial charge is 0.481 e. The molecule has 2 aromatic carbocycles. The summed E-state index contributed by atoms with van der Waals surface area (Å²) in [7, 11) is 0. The van der Waals surface area contributed by atoms with E-state index in [-0.39, 0.29) is 21.1 Å². The lowest BCUT2D eigenvalue weighted by Crippen LogP contribution is -2.46. The van der Waals surface area contributed by atoms with E-state index in [2.05, 4.69) is 4.98 Å². The summed E-state index contributed by atoms with van der Waals surface area (Å²) in [5, 5.41) is 8.99. The Morgan fingerprint density at radius 3 is 2.69 bits per heavy atom. The molecule has 0 radical (unpaired) electrons. The number of nitrogens with zero attached hydrogens (tertiary/aromatic N) is 2. The molecule has 4 rings (SSSR count). The molecule has 0 fully saturated rings. The Kier molecular flexibility index (Phi) is 4.61.